The number of oxazole rings is 1. The van der Waals surface area contributed by atoms with E-state index < -0.39 is 0 Å². The maximum Gasteiger partial charge on any atom is 0.419 e. The molecule has 0 radical (unpaired) electrons. The predicted molar refractivity (Wildman–Crippen MR) is 72.3 cm³/mol. The number of anilines is 1. The van der Waals surface area contributed by atoms with Gasteiger partial charge in [-0.2, -0.15) is 0 Å². The Morgan fingerprint density at radius 2 is 2.26 bits per heavy atom. The smallest absolute Gasteiger partial charge is 0.408 e. The molecule has 3 N–H and O–H groups in total. The number of aryl methyl sites for hydroxylation is 1. The lowest BCUT2D eigenvalue weighted by Crippen LogP contribution is -2.52. The van der Waals surface area contributed by atoms with E-state index in [1.807, 2.05) is 18.2 Å². The average molecular weight is 263 g/mol. The molecule has 6 heteroatoms. The number of hydrogen-bond donors (Lipinski definition) is 2. The second kappa shape index (κ2) is 4.40. The van der Waals surface area contributed by atoms with Crippen molar-refractivity contribution in [1.82, 2.24) is 4.57 Å². The van der Waals surface area contributed by atoms with Crippen LogP contribution >= 0.6 is 0 Å². The van der Waals surface area contributed by atoms with Gasteiger partial charge in [0.15, 0.2) is 5.58 Å². The van der Waals surface area contributed by atoms with E-state index in [-0.39, 0.29) is 11.2 Å². The minimum Gasteiger partial charge on any atom is -0.408 e. The van der Waals surface area contributed by atoms with Crippen LogP contribution in [0.3, 0.4) is 0 Å². The summed E-state index contributed by atoms with van der Waals surface area (Å²) in [6.45, 7) is 2.74. The van der Waals surface area contributed by atoms with Crippen molar-refractivity contribution < 1.29 is 9.15 Å². The highest BCUT2D eigenvalue weighted by Crippen LogP contribution is 2.27. The molecule has 0 atom stereocenters. The van der Waals surface area contributed by atoms with Crippen LogP contribution in [0, 0.1) is 5.41 Å². The fourth-order valence-corrected chi connectivity index (χ4v) is 2.22. The molecule has 2 heterocycles. The number of ether oxygens (including phenoxy) is 1. The molecule has 3 rings (SSSR count). The summed E-state index contributed by atoms with van der Waals surface area (Å²) >= 11 is 0. The Labute approximate surface area is 110 Å². The van der Waals surface area contributed by atoms with Gasteiger partial charge in [-0.1, -0.05) is 0 Å². The van der Waals surface area contributed by atoms with E-state index in [9.17, 15) is 4.79 Å². The van der Waals surface area contributed by atoms with Gasteiger partial charge < -0.3 is 20.2 Å². The molecule has 1 saturated heterocycles. The van der Waals surface area contributed by atoms with E-state index in [0.717, 1.165) is 17.7 Å². The third kappa shape index (κ3) is 2.02. The van der Waals surface area contributed by atoms with Crippen molar-refractivity contribution in [3.05, 3.63) is 28.7 Å². The average Bonchev–Trinajstić information content (AvgIpc) is 2.64. The first kappa shape index (κ1) is 12.3. The Hall–Kier alpha value is -1.79. The summed E-state index contributed by atoms with van der Waals surface area (Å²) in [4.78, 5) is 11.4. The largest absolute Gasteiger partial charge is 0.419 e. The Kier molecular flexibility index (Phi) is 2.83. The summed E-state index contributed by atoms with van der Waals surface area (Å²) in [6, 6.07) is 5.64. The molecule has 19 heavy (non-hydrogen) atoms. The normalized spacial score (nSPS) is 17.4. The first-order valence-electron chi connectivity index (χ1n) is 6.25. The van der Waals surface area contributed by atoms with Gasteiger partial charge in [-0.3, -0.25) is 4.57 Å². The lowest BCUT2D eigenvalue weighted by Gasteiger charge is -2.40. The number of fused-ring (bicyclic) bond motifs is 1. The van der Waals surface area contributed by atoms with Crippen LogP contribution in [0.4, 0.5) is 5.69 Å². The van der Waals surface area contributed by atoms with Crippen LogP contribution in [-0.4, -0.2) is 30.9 Å². The SMILES string of the molecule is Cn1c(=O)oc2cc(NCC3(CN)COC3)ccc21. The standard InChI is InChI=1S/C13H17N3O3/c1-16-10-3-2-9(4-11(10)19-12(16)17)15-6-13(5-14)7-18-8-13/h2-4,15H,5-8,14H2,1H3. The number of aromatic nitrogens is 1. The number of nitrogens with zero attached hydrogens (tertiary/aromatic N) is 1. The summed E-state index contributed by atoms with van der Waals surface area (Å²) in [5.74, 6) is -0.349. The molecule has 0 aliphatic carbocycles. The molecule has 1 aliphatic heterocycles. The van der Waals surface area contributed by atoms with Gasteiger partial charge in [-0.05, 0) is 12.1 Å². The van der Waals surface area contributed by atoms with Gasteiger partial charge in [0.05, 0.1) is 18.7 Å². The lowest BCUT2D eigenvalue weighted by molar-refractivity contribution is -0.0979. The van der Waals surface area contributed by atoms with Gasteiger partial charge in [0.2, 0.25) is 0 Å². The minimum atomic E-state index is -0.349. The maximum absolute atomic E-state index is 11.4. The number of nitrogens with one attached hydrogen (secondary N) is 1. The molecule has 0 unspecified atom stereocenters. The fraction of sp³-hybridized carbons (Fsp3) is 0.462. The molecule has 0 saturated carbocycles. The highest BCUT2D eigenvalue weighted by molar-refractivity contribution is 5.77. The highest BCUT2D eigenvalue weighted by Gasteiger charge is 2.36. The Morgan fingerprint density at radius 3 is 2.89 bits per heavy atom. The molecule has 1 fully saturated rings. The Morgan fingerprint density at radius 1 is 1.47 bits per heavy atom. The second-order valence-electron chi connectivity index (χ2n) is 5.16. The quantitative estimate of drug-likeness (QED) is 0.840. The van der Waals surface area contributed by atoms with Crippen LogP contribution in [0.25, 0.3) is 11.1 Å². The second-order valence-corrected chi connectivity index (χ2v) is 5.16. The van der Waals surface area contributed by atoms with Gasteiger partial charge in [-0.25, -0.2) is 4.79 Å². The number of hydrogen-bond acceptors (Lipinski definition) is 5. The van der Waals surface area contributed by atoms with Gasteiger partial charge in [0.25, 0.3) is 0 Å². The molecule has 2 aromatic rings. The van der Waals surface area contributed by atoms with E-state index in [4.69, 9.17) is 14.9 Å². The number of benzene rings is 1. The topological polar surface area (TPSA) is 82.4 Å². The van der Waals surface area contributed by atoms with E-state index in [0.29, 0.717) is 25.3 Å². The van der Waals surface area contributed by atoms with E-state index in [1.54, 1.807) is 7.05 Å². The molecule has 0 amide bonds. The van der Waals surface area contributed by atoms with E-state index in [2.05, 4.69) is 5.32 Å². The van der Waals surface area contributed by atoms with Gasteiger partial charge in [0.1, 0.15) is 0 Å². The van der Waals surface area contributed by atoms with Crippen LogP contribution in [0.15, 0.2) is 27.4 Å². The molecular weight excluding hydrogens is 246 g/mol. The molecule has 0 spiro atoms. The third-order valence-corrected chi connectivity index (χ3v) is 3.71. The van der Waals surface area contributed by atoms with Crippen molar-refractivity contribution in [2.45, 2.75) is 0 Å². The van der Waals surface area contributed by atoms with Crippen LogP contribution in [-0.2, 0) is 11.8 Å². The molecule has 1 aromatic heterocycles. The predicted octanol–water partition coefficient (Wildman–Crippen LogP) is 0.519. The van der Waals surface area contributed by atoms with Crippen molar-refractivity contribution in [2.24, 2.45) is 18.2 Å². The van der Waals surface area contributed by atoms with Crippen LogP contribution in [0.1, 0.15) is 0 Å². The Balaban J connectivity index is 1.80. The van der Waals surface area contributed by atoms with Crippen LogP contribution in [0.5, 0.6) is 0 Å². The summed E-state index contributed by atoms with van der Waals surface area (Å²) < 4.78 is 11.9. The van der Waals surface area contributed by atoms with Crippen LogP contribution < -0.4 is 16.8 Å². The van der Waals surface area contributed by atoms with Crippen molar-refractivity contribution in [3.8, 4) is 0 Å². The van der Waals surface area contributed by atoms with Crippen molar-refractivity contribution >= 4 is 16.8 Å². The third-order valence-electron chi connectivity index (χ3n) is 3.71. The maximum atomic E-state index is 11.4. The van der Waals surface area contributed by atoms with Crippen molar-refractivity contribution in [3.63, 3.8) is 0 Å². The highest BCUT2D eigenvalue weighted by atomic mass is 16.5. The monoisotopic (exact) mass is 263 g/mol. The first-order chi connectivity index (χ1) is 9.13. The van der Waals surface area contributed by atoms with Gasteiger partial charge in [0, 0.05) is 37.3 Å². The fourth-order valence-electron chi connectivity index (χ4n) is 2.22. The van der Waals surface area contributed by atoms with Gasteiger partial charge in [-0.15, -0.1) is 0 Å². The number of nitrogens with two attached hydrogens (primary N) is 1. The first-order valence-corrected chi connectivity index (χ1v) is 6.25. The van der Waals surface area contributed by atoms with Crippen molar-refractivity contribution in [1.29, 1.82) is 0 Å². The summed E-state index contributed by atoms with van der Waals surface area (Å²) in [6.07, 6.45) is 0. The molecule has 102 valence electrons. The van der Waals surface area contributed by atoms with Crippen molar-refractivity contribution in [2.75, 3.05) is 31.6 Å². The minimum absolute atomic E-state index is 0.0342. The van der Waals surface area contributed by atoms with E-state index >= 15 is 0 Å². The molecule has 6 nitrogen and oxygen atoms in total. The van der Waals surface area contributed by atoms with E-state index in [1.165, 1.54) is 4.57 Å². The van der Waals surface area contributed by atoms with Crippen LogP contribution in [0.2, 0.25) is 0 Å². The molecule has 1 aliphatic rings. The zero-order valence-electron chi connectivity index (χ0n) is 10.8. The molecule has 0 bridgehead atoms. The van der Waals surface area contributed by atoms with Gasteiger partial charge >= 0.3 is 5.76 Å². The summed E-state index contributed by atoms with van der Waals surface area (Å²) in [7, 11) is 1.69. The molecule has 1 aromatic carbocycles. The zero-order valence-corrected chi connectivity index (χ0v) is 10.8. The summed E-state index contributed by atoms with van der Waals surface area (Å²) in [5, 5.41) is 3.33. The number of rotatable bonds is 4. The Bertz CT molecular complexity index is 649. The lowest BCUT2D eigenvalue weighted by atomic mass is 9.86. The summed E-state index contributed by atoms with van der Waals surface area (Å²) in [5.41, 5.74) is 8.09. The zero-order chi connectivity index (χ0) is 13.5. The molecular formula is C13H17N3O3.